The van der Waals surface area contributed by atoms with E-state index in [-0.39, 0.29) is 13.2 Å². The van der Waals surface area contributed by atoms with Gasteiger partial charge in [-0.25, -0.2) is 18.0 Å². The van der Waals surface area contributed by atoms with Gasteiger partial charge in [-0.2, -0.15) is 0 Å². The largest absolute Gasteiger partial charge is 0.726 e. The third kappa shape index (κ3) is 14.0. The zero-order valence-electron chi connectivity index (χ0n) is 14.1. The Hall–Kier alpha value is -1.63. The molecule has 0 spiro atoms. The van der Waals surface area contributed by atoms with Crippen molar-refractivity contribution < 1.29 is 45.4 Å². The highest BCUT2D eigenvalue weighted by Crippen LogP contribution is 2.06. The Bertz CT molecular complexity index is 501. The van der Waals surface area contributed by atoms with Gasteiger partial charge in [0.1, 0.15) is 13.2 Å². The van der Waals surface area contributed by atoms with Gasteiger partial charge in [0, 0.05) is 13.0 Å². The molecule has 1 atom stereocenters. The van der Waals surface area contributed by atoms with Gasteiger partial charge in [0.05, 0.1) is 34.8 Å². The van der Waals surface area contributed by atoms with Crippen LogP contribution in [0.2, 0.25) is 0 Å². The van der Waals surface area contributed by atoms with Crippen molar-refractivity contribution >= 4 is 22.6 Å². The number of alkyl carbamates (subject to hydrolysis) is 1. The highest BCUT2D eigenvalue weighted by Gasteiger charge is 2.26. The van der Waals surface area contributed by atoms with Gasteiger partial charge < -0.3 is 28.6 Å². The van der Waals surface area contributed by atoms with Crippen LogP contribution in [0.5, 0.6) is 0 Å². The molecule has 0 aromatic rings. The zero-order chi connectivity index (χ0) is 18.8. The van der Waals surface area contributed by atoms with Crippen molar-refractivity contribution in [3.63, 3.8) is 0 Å². The summed E-state index contributed by atoms with van der Waals surface area (Å²) in [5.74, 6) is 0. The van der Waals surface area contributed by atoms with E-state index >= 15 is 0 Å². The minimum Gasteiger partial charge on any atom is -0.726 e. The molecule has 1 fully saturated rings. The van der Waals surface area contributed by atoms with E-state index in [9.17, 15) is 22.6 Å². The van der Waals surface area contributed by atoms with Crippen molar-refractivity contribution in [1.29, 1.82) is 0 Å². The average molecular weight is 372 g/mol. The molecule has 1 heterocycles. The van der Waals surface area contributed by atoms with Crippen LogP contribution in [0, 0.1) is 0 Å². The van der Waals surface area contributed by atoms with Crippen LogP contribution in [-0.2, 0) is 28.8 Å². The number of ether oxygens (including phenoxy) is 3. The van der Waals surface area contributed by atoms with Crippen LogP contribution in [0.1, 0.15) is 6.42 Å². The number of hydrogen-bond donors (Lipinski definition) is 1. The first kappa shape index (κ1) is 22.4. The second-order valence-corrected chi connectivity index (χ2v) is 6.92. The molecule has 0 bridgehead atoms. The van der Waals surface area contributed by atoms with Crippen LogP contribution >= 0.6 is 0 Å². The Kier molecular flexibility index (Phi) is 9.58. The van der Waals surface area contributed by atoms with Gasteiger partial charge in [0.25, 0.3) is 0 Å². The number of cyclic esters (lactones) is 2. The lowest BCUT2D eigenvalue weighted by Gasteiger charge is -2.23. The average Bonchev–Trinajstić information content (AvgIpc) is 2.86. The summed E-state index contributed by atoms with van der Waals surface area (Å²) < 4.78 is 46.0. The second kappa shape index (κ2) is 10.3. The number of carbonyl (C=O) groups excluding carboxylic acids is 2. The Labute approximate surface area is 141 Å². The molecule has 0 aromatic carbocycles. The fourth-order valence-electron chi connectivity index (χ4n) is 1.41. The van der Waals surface area contributed by atoms with E-state index in [0.717, 1.165) is 24.6 Å². The SMILES string of the molecule is COS(=O)(=O)[O-].C[N+](C)(C)CCCNC(=O)OCC1COC(=O)O1. The van der Waals surface area contributed by atoms with Crippen molar-refractivity contribution in [3.05, 3.63) is 0 Å². The molecule has 1 amide bonds. The molecule has 12 heteroatoms. The molecule has 0 aromatic heterocycles. The topological polar surface area (TPSA) is 140 Å². The molecular formula is C12H24N2O9S. The molecule has 0 saturated carbocycles. The van der Waals surface area contributed by atoms with E-state index in [1.807, 2.05) is 0 Å². The number of rotatable bonds is 7. The van der Waals surface area contributed by atoms with Crippen LogP contribution in [-0.4, -0.2) is 90.4 Å². The van der Waals surface area contributed by atoms with Gasteiger partial charge in [0.2, 0.25) is 10.4 Å². The van der Waals surface area contributed by atoms with Crippen LogP contribution in [0.25, 0.3) is 0 Å². The Morgan fingerprint density at radius 2 is 2.00 bits per heavy atom. The molecule has 142 valence electrons. The molecule has 1 rings (SSSR count). The fraction of sp³-hybridized carbons (Fsp3) is 0.833. The van der Waals surface area contributed by atoms with Crippen molar-refractivity contribution in [2.45, 2.75) is 12.5 Å². The molecule has 1 unspecified atom stereocenters. The highest BCUT2D eigenvalue weighted by atomic mass is 32.3. The summed E-state index contributed by atoms with van der Waals surface area (Å²) in [6.45, 7) is 1.68. The van der Waals surface area contributed by atoms with Gasteiger partial charge in [0.15, 0.2) is 6.10 Å². The van der Waals surface area contributed by atoms with Crippen molar-refractivity contribution in [1.82, 2.24) is 5.32 Å². The summed E-state index contributed by atoms with van der Waals surface area (Å²) in [6.07, 6.45) is -0.832. The molecular weight excluding hydrogens is 348 g/mol. The smallest absolute Gasteiger partial charge is 0.508 e. The number of hydrogen-bond acceptors (Lipinski definition) is 9. The van der Waals surface area contributed by atoms with Gasteiger partial charge >= 0.3 is 12.2 Å². The van der Waals surface area contributed by atoms with Crippen molar-refractivity contribution in [2.75, 3.05) is 54.6 Å². The van der Waals surface area contributed by atoms with Gasteiger partial charge in [-0.05, 0) is 0 Å². The predicted molar refractivity (Wildman–Crippen MR) is 79.8 cm³/mol. The lowest BCUT2D eigenvalue weighted by atomic mass is 10.4. The molecule has 1 aliphatic rings. The molecule has 0 radical (unpaired) electrons. The second-order valence-electron chi connectivity index (χ2n) is 5.77. The zero-order valence-corrected chi connectivity index (χ0v) is 15.0. The third-order valence-corrected chi connectivity index (χ3v) is 2.94. The monoisotopic (exact) mass is 372 g/mol. The number of nitrogens with one attached hydrogen (secondary N) is 1. The first-order valence-electron chi connectivity index (χ1n) is 6.99. The number of quaternary nitrogens is 1. The van der Waals surface area contributed by atoms with Crippen molar-refractivity contribution in [3.8, 4) is 0 Å². The van der Waals surface area contributed by atoms with Gasteiger partial charge in [-0.1, -0.05) is 0 Å². The number of nitrogens with zero attached hydrogens (tertiary/aromatic N) is 1. The van der Waals surface area contributed by atoms with Crippen LogP contribution in [0.4, 0.5) is 9.59 Å². The summed E-state index contributed by atoms with van der Waals surface area (Å²) in [7, 11) is 2.67. The molecule has 1 saturated heterocycles. The molecule has 1 N–H and O–H groups in total. The molecule has 11 nitrogen and oxygen atoms in total. The van der Waals surface area contributed by atoms with E-state index in [1.165, 1.54) is 0 Å². The summed E-state index contributed by atoms with van der Waals surface area (Å²) in [5, 5.41) is 2.64. The number of amides is 1. The summed E-state index contributed by atoms with van der Waals surface area (Å²) in [6, 6.07) is 0. The van der Waals surface area contributed by atoms with E-state index in [4.69, 9.17) is 9.47 Å². The Morgan fingerprint density at radius 3 is 2.42 bits per heavy atom. The van der Waals surface area contributed by atoms with Crippen LogP contribution < -0.4 is 5.32 Å². The minimum atomic E-state index is -4.41. The standard InChI is InChI=1S/C11H20N2O5.CH4O4S/c1-13(2,3)6-4-5-12-10(14)16-7-9-8-17-11(15)18-9;1-5-6(2,3)4/h9H,4-8H2,1-3H3;1H3,(H,2,3,4). The van der Waals surface area contributed by atoms with Crippen LogP contribution in [0.3, 0.4) is 0 Å². The molecule has 0 aliphatic carbocycles. The quantitative estimate of drug-likeness (QED) is 0.205. The van der Waals surface area contributed by atoms with E-state index in [0.29, 0.717) is 6.54 Å². The van der Waals surface area contributed by atoms with Crippen LogP contribution in [0.15, 0.2) is 0 Å². The maximum atomic E-state index is 11.3. The maximum Gasteiger partial charge on any atom is 0.508 e. The molecule has 1 aliphatic heterocycles. The highest BCUT2D eigenvalue weighted by molar-refractivity contribution is 7.80. The third-order valence-electron chi connectivity index (χ3n) is 2.53. The maximum absolute atomic E-state index is 11.3. The summed E-state index contributed by atoms with van der Waals surface area (Å²) in [5.41, 5.74) is 0. The predicted octanol–water partition coefficient (Wildman–Crippen LogP) is -0.563. The normalized spacial score (nSPS) is 17.2. The molecule has 24 heavy (non-hydrogen) atoms. The van der Waals surface area contributed by atoms with E-state index in [1.54, 1.807) is 0 Å². The Morgan fingerprint density at radius 1 is 1.42 bits per heavy atom. The summed E-state index contributed by atoms with van der Waals surface area (Å²) in [4.78, 5) is 21.9. The first-order chi connectivity index (χ1) is 10.9. The lowest BCUT2D eigenvalue weighted by molar-refractivity contribution is -0.870. The summed E-state index contributed by atoms with van der Waals surface area (Å²) >= 11 is 0. The first-order valence-corrected chi connectivity index (χ1v) is 8.32. The minimum absolute atomic E-state index is 0.0207. The lowest BCUT2D eigenvalue weighted by Crippen LogP contribution is -2.37. The van der Waals surface area contributed by atoms with Gasteiger partial charge in [-0.3, -0.25) is 4.18 Å². The van der Waals surface area contributed by atoms with E-state index < -0.39 is 28.8 Å². The Balaban J connectivity index is 0.000000754. The van der Waals surface area contributed by atoms with Crippen molar-refractivity contribution in [2.24, 2.45) is 0 Å². The van der Waals surface area contributed by atoms with E-state index in [2.05, 4.69) is 35.4 Å². The number of carbonyl (C=O) groups is 2. The fourth-order valence-corrected chi connectivity index (χ4v) is 1.41. The van der Waals surface area contributed by atoms with Gasteiger partial charge in [-0.15, -0.1) is 0 Å².